The van der Waals surface area contributed by atoms with Crippen LogP contribution in [0, 0.1) is 0 Å². The van der Waals surface area contributed by atoms with E-state index in [-0.39, 0.29) is 18.8 Å². The van der Waals surface area contributed by atoms with Crippen molar-refractivity contribution in [3.05, 3.63) is 60.2 Å². The van der Waals surface area contributed by atoms with Gasteiger partial charge in [-0.25, -0.2) is 17.9 Å². The number of sulfonamides is 1. The normalized spacial score (nSPS) is 17.0. The lowest BCUT2D eigenvalue weighted by Gasteiger charge is -2.13. The summed E-state index contributed by atoms with van der Waals surface area (Å²) in [5.74, 6) is 0.675. The Hall–Kier alpha value is -2.58. The summed E-state index contributed by atoms with van der Waals surface area (Å²) in [5.41, 5.74) is 1.64. The van der Waals surface area contributed by atoms with Crippen LogP contribution in [0.15, 0.2) is 54.6 Å². The Bertz CT molecular complexity index is 869. The lowest BCUT2D eigenvalue weighted by molar-refractivity contribution is 0.143. The van der Waals surface area contributed by atoms with Gasteiger partial charge in [-0.15, -0.1) is 0 Å². The number of carbonyl (C=O) groups is 1. The van der Waals surface area contributed by atoms with Crippen molar-refractivity contribution in [1.82, 2.24) is 4.72 Å². The Morgan fingerprint density at radius 2 is 1.85 bits per heavy atom. The minimum atomic E-state index is -3.45. The number of methoxy groups -OCH3 is 1. The van der Waals surface area contributed by atoms with Crippen molar-refractivity contribution in [3.8, 4) is 5.75 Å². The van der Waals surface area contributed by atoms with Gasteiger partial charge in [0.1, 0.15) is 11.9 Å². The van der Waals surface area contributed by atoms with E-state index in [0.717, 1.165) is 5.56 Å². The van der Waals surface area contributed by atoms with Crippen LogP contribution in [-0.4, -0.2) is 46.6 Å². The Labute approximate surface area is 158 Å². The fourth-order valence-corrected chi connectivity index (χ4v) is 3.88. The van der Waals surface area contributed by atoms with Crippen LogP contribution in [0.2, 0.25) is 0 Å². The molecule has 8 heteroatoms. The first-order valence-electron chi connectivity index (χ1n) is 8.60. The van der Waals surface area contributed by atoms with Crippen LogP contribution in [0.5, 0.6) is 5.75 Å². The quantitative estimate of drug-likeness (QED) is 0.747. The van der Waals surface area contributed by atoms with Gasteiger partial charge in [-0.05, 0) is 36.2 Å². The van der Waals surface area contributed by atoms with E-state index >= 15 is 0 Å². The minimum absolute atomic E-state index is 0.0140. The highest BCUT2D eigenvalue weighted by Gasteiger charge is 2.33. The number of hydrogen-bond acceptors (Lipinski definition) is 5. The molecule has 1 aliphatic heterocycles. The molecule has 0 bridgehead atoms. The van der Waals surface area contributed by atoms with Crippen molar-refractivity contribution in [2.75, 3.05) is 30.9 Å². The van der Waals surface area contributed by atoms with Crippen LogP contribution in [0.4, 0.5) is 10.5 Å². The summed E-state index contributed by atoms with van der Waals surface area (Å²) in [5, 5.41) is 0. The number of nitrogens with one attached hydrogen (secondary N) is 1. The molecule has 0 radical (unpaired) electrons. The Balaban J connectivity index is 1.51. The third-order valence-electron chi connectivity index (χ3n) is 4.29. The number of hydrogen-bond donors (Lipinski definition) is 1. The number of amides is 1. The number of anilines is 1. The van der Waals surface area contributed by atoms with E-state index in [4.69, 9.17) is 9.47 Å². The van der Waals surface area contributed by atoms with E-state index in [1.54, 1.807) is 31.4 Å². The summed E-state index contributed by atoms with van der Waals surface area (Å²) in [6, 6.07) is 16.4. The van der Waals surface area contributed by atoms with Gasteiger partial charge in [0, 0.05) is 12.2 Å². The molecule has 1 heterocycles. The highest BCUT2D eigenvalue weighted by molar-refractivity contribution is 7.89. The first kappa shape index (κ1) is 19.2. The number of ether oxygens (including phenoxy) is 2. The average Bonchev–Trinajstić information content (AvgIpc) is 3.07. The Morgan fingerprint density at radius 3 is 2.52 bits per heavy atom. The van der Waals surface area contributed by atoms with Crippen LogP contribution in [0.3, 0.4) is 0 Å². The molecule has 1 saturated heterocycles. The zero-order valence-electron chi connectivity index (χ0n) is 15.0. The molecule has 0 aliphatic carbocycles. The maximum absolute atomic E-state index is 12.2. The summed E-state index contributed by atoms with van der Waals surface area (Å²) < 4.78 is 37.3. The van der Waals surface area contributed by atoms with E-state index < -0.39 is 22.2 Å². The van der Waals surface area contributed by atoms with Gasteiger partial charge in [-0.3, -0.25) is 4.90 Å². The van der Waals surface area contributed by atoms with E-state index in [9.17, 15) is 13.2 Å². The first-order chi connectivity index (χ1) is 13.0. The van der Waals surface area contributed by atoms with Crippen molar-refractivity contribution in [2.45, 2.75) is 12.5 Å². The standard InChI is InChI=1S/C19H22N2O5S/c1-25-17-9-7-16(8-10-17)21-14-18(26-19(21)22)13-20-27(23,24)12-11-15-5-3-2-4-6-15/h2-10,18,20H,11-14H2,1H3. The van der Waals surface area contributed by atoms with Gasteiger partial charge in [-0.1, -0.05) is 30.3 Å². The molecule has 7 nitrogen and oxygen atoms in total. The number of cyclic esters (lactones) is 1. The number of rotatable bonds is 8. The molecule has 2 aromatic rings. The second-order valence-electron chi connectivity index (χ2n) is 6.22. The van der Waals surface area contributed by atoms with E-state index in [0.29, 0.717) is 17.9 Å². The zero-order valence-corrected chi connectivity index (χ0v) is 15.8. The highest BCUT2D eigenvalue weighted by atomic mass is 32.2. The largest absolute Gasteiger partial charge is 0.497 e. The fraction of sp³-hybridized carbons (Fsp3) is 0.316. The van der Waals surface area contributed by atoms with Gasteiger partial charge < -0.3 is 9.47 Å². The van der Waals surface area contributed by atoms with Gasteiger partial charge in [-0.2, -0.15) is 0 Å². The zero-order chi connectivity index (χ0) is 19.3. The predicted molar refractivity (Wildman–Crippen MR) is 103 cm³/mol. The minimum Gasteiger partial charge on any atom is -0.497 e. The van der Waals surface area contributed by atoms with Crippen molar-refractivity contribution in [3.63, 3.8) is 0 Å². The highest BCUT2D eigenvalue weighted by Crippen LogP contribution is 2.24. The second kappa shape index (κ2) is 8.41. The molecule has 0 aromatic heterocycles. The summed E-state index contributed by atoms with van der Waals surface area (Å²) in [6.45, 7) is 0.335. The number of nitrogens with zero attached hydrogens (tertiary/aromatic N) is 1. The number of aryl methyl sites for hydroxylation is 1. The van der Waals surface area contributed by atoms with Crippen LogP contribution >= 0.6 is 0 Å². The molecule has 1 fully saturated rings. The molecule has 1 aliphatic rings. The van der Waals surface area contributed by atoms with Crippen LogP contribution in [0.25, 0.3) is 0 Å². The smallest absolute Gasteiger partial charge is 0.414 e. The van der Waals surface area contributed by atoms with Gasteiger partial charge >= 0.3 is 6.09 Å². The third-order valence-corrected chi connectivity index (χ3v) is 5.64. The summed E-state index contributed by atoms with van der Waals surface area (Å²) in [6.07, 6.45) is -0.599. The molecule has 0 spiro atoms. The van der Waals surface area contributed by atoms with Crippen LogP contribution < -0.4 is 14.4 Å². The molecule has 27 heavy (non-hydrogen) atoms. The average molecular weight is 390 g/mol. The maximum Gasteiger partial charge on any atom is 0.414 e. The molecule has 144 valence electrons. The summed E-state index contributed by atoms with van der Waals surface area (Å²) in [7, 11) is -1.88. The van der Waals surface area contributed by atoms with E-state index in [1.165, 1.54) is 4.90 Å². The van der Waals surface area contributed by atoms with Crippen molar-refractivity contribution < 1.29 is 22.7 Å². The molecule has 0 saturated carbocycles. The molecule has 1 unspecified atom stereocenters. The molecule has 1 atom stereocenters. The monoisotopic (exact) mass is 390 g/mol. The van der Waals surface area contributed by atoms with Crippen molar-refractivity contribution >= 4 is 21.8 Å². The Morgan fingerprint density at radius 1 is 1.15 bits per heavy atom. The lowest BCUT2D eigenvalue weighted by atomic mass is 10.2. The van der Waals surface area contributed by atoms with E-state index in [1.807, 2.05) is 30.3 Å². The summed E-state index contributed by atoms with van der Waals surface area (Å²) >= 11 is 0. The molecular weight excluding hydrogens is 368 g/mol. The lowest BCUT2D eigenvalue weighted by Crippen LogP contribution is -2.36. The summed E-state index contributed by atoms with van der Waals surface area (Å²) in [4.78, 5) is 13.5. The fourth-order valence-electron chi connectivity index (χ4n) is 2.79. The number of benzene rings is 2. The maximum atomic E-state index is 12.2. The molecule has 3 rings (SSSR count). The molecular formula is C19H22N2O5S. The van der Waals surface area contributed by atoms with E-state index in [2.05, 4.69) is 4.72 Å². The molecule has 1 amide bonds. The third kappa shape index (κ3) is 5.21. The topological polar surface area (TPSA) is 84.9 Å². The van der Waals surface area contributed by atoms with Gasteiger partial charge in [0.2, 0.25) is 10.0 Å². The first-order valence-corrected chi connectivity index (χ1v) is 10.3. The van der Waals surface area contributed by atoms with Crippen LogP contribution in [0.1, 0.15) is 5.56 Å². The van der Waals surface area contributed by atoms with Gasteiger partial charge in [0.25, 0.3) is 0 Å². The predicted octanol–water partition coefficient (Wildman–Crippen LogP) is 2.18. The SMILES string of the molecule is COc1ccc(N2CC(CNS(=O)(=O)CCc3ccccc3)OC2=O)cc1. The van der Waals surface area contributed by atoms with Crippen molar-refractivity contribution in [1.29, 1.82) is 0 Å². The number of carbonyl (C=O) groups excluding carboxylic acids is 1. The molecule has 1 N–H and O–H groups in total. The molecule has 2 aromatic carbocycles. The van der Waals surface area contributed by atoms with Gasteiger partial charge in [0.15, 0.2) is 0 Å². The van der Waals surface area contributed by atoms with Gasteiger partial charge in [0.05, 0.1) is 19.4 Å². The Kier molecular flexibility index (Phi) is 5.98. The van der Waals surface area contributed by atoms with Crippen LogP contribution in [-0.2, 0) is 21.2 Å². The second-order valence-corrected chi connectivity index (χ2v) is 8.14. The van der Waals surface area contributed by atoms with Crippen molar-refractivity contribution in [2.24, 2.45) is 0 Å².